The van der Waals surface area contributed by atoms with Crippen molar-refractivity contribution in [1.29, 1.82) is 0 Å². The van der Waals surface area contributed by atoms with Crippen LogP contribution in [0.4, 0.5) is 5.82 Å². The van der Waals surface area contributed by atoms with E-state index >= 15 is 0 Å². The molecule has 4 N–H and O–H groups in total. The number of benzene rings is 2. The molecule has 1 aliphatic rings. The van der Waals surface area contributed by atoms with Crippen LogP contribution in [0.5, 0.6) is 0 Å². The van der Waals surface area contributed by atoms with Gasteiger partial charge in [0.1, 0.15) is 11.9 Å². The zero-order chi connectivity index (χ0) is 18.2. The Hall–Kier alpha value is -2.92. The number of nitrogens with zero attached hydrogens (tertiary/aromatic N) is 3. The summed E-state index contributed by atoms with van der Waals surface area (Å²) in [7, 11) is 0. The molecule has 2 atom stereocenters. The summed E-state index contributed by atoms with van der Waals surface area (Å²) in [6.07, 6.45) is 8.79. The molecule has 136 valence electrons. The molecule has 1 saturated carbocycles. The molecule has 1 aliphatic carbocycles. The van der Waals surface area contributed by atoms with Crippen molar-refractivity contribution in [2.45, 2.75) is 37.8 Å². The summed E-state index contributed by atoms with van der Waals surface area (Å²) >= 11 is 0. The number of quaternary nitrogens is 1. The van der Waals surface area contributed by atoms with Gasteiger partial charge in [-0.25, -0.2) is 9.50 Å². The Morgan fingerprint density at radius 1 is 1.00 bits per heavy atom. The minimum atomic E-state index is 0.403. The smallest absolute Gasteiger partial charge is 0.165 e. The number of anilines is 1. The second-order valence-corrected chi connectivity index (χ2v) is 7.50. The van der Waals surface area contributed by atoms with Gasteiger partial charge in [-0.15, -0.1) is 0 Å². The van der Waals surface area contributed by atoms with Gasteiger partial charge in [-0.05, 0) is 41.3 Å². The Kier molecular flexibility index (Phi) is 4.02. The van der Waals surface area contributed by atoms with Crippen LogP contribution in [0.3, 0.4) is 0 Å². The van der Waals surface area contributed by atoms with Gasteiger partial charge in [0.25, 0.3) is 0 Å². The lowest BCUT2D eigenvalue weighted by atomic mass is 9.91. The molecule has 0 spiro atoms. The van der Waals surface area contributed by atoms with Crippen LogP contribution < -0.4 is 11.1 Å². The number of rotatable bonds is 3. The summed E-state index contributed by atoms with van der Waals surface area (Å²) < 4.78 is 1.85. The molecule has 5 nitrogen and oxygen atoms in total. The van der Waals surface area contributed by atoms with Gasteiger partial charge < -0.3 is 11.1 Å². The van der Waals surface area contributed by atoms with Crippen LogP contribution in [0.15, 0.2) is 60.9 Å². The number of aromatic nitrogens is 3. The zero-order valence-electron chi connectivity index (χ0n) is 15.3. The zero-order valence-corrected chi connectivity index (χ0v) is 15.3. The van der Waals surface area contributed by atoms with Gasteiger partial charge in [0.15, 0.2) is 5.65 Å². The summed E-state index contributed by atoms with van der Waals surface area (Å²) in [5.41, 5.74) is 7.39. The van der Waals surface area contributed by atoms with Gasteiger partial charge in [-0.2, -0.15) is 5.10 Å². The van der Waals surface area contributed by atoms with Gasteiger partial charge in [0, 0.05) is 18.2 Å². The molecule has 27 heavy (non-hydrogen) atoms. The lowest BCUT2D eigenvalue weighted by Gasteiger charge is -2.27. The average molecular weight is 358 g/mol. The maximum atomic E-state index is 4.88. The number of nitrogens with one attached hydrogen (secondary N) is 1. The maximum Gasteiger partial charge on any atom is 0.165 e. The number of hydrogen-bond acceptors (Lipinski definition) is 3. The van der Waals surface area contributed by atoms with E-state index in [1.807, 2.05) is 23.0 Å². The summed E-state index contributed by atoms with van der Waals surface area (Å²) in [4.78, 5) is 4.88. The van der Waals surface area contributed by atoms with E-state index in [1.54, 1.807) is 0 Å². The van der Waals surface area contributed by atoms with E-state index < -0.39 is 0 Å². The van der Waals surface area contributed by atoms with Crippen LogP contribution in [0.1, 0.15) is 25.7 Å². The Balaban J connectivity index is 1.52. The van der Waals surface area contributed by atoms with E-state index in [2.05, 4.69) is 58.6 Å². The summed E-state index contributed by atoms with van der Waals surface area (Å²) in [5, 5.41) is 10.6. The molecule has 2 aromatic heterocycles. The lowest BCUT2D eigenvalue weighted by Crippen LogP contribution is -2.68. The van der Waals surface area contributed by atoms with Gasteiger partial charge in [-0.1, -0.05) is 42.8 Å². The average Bonchev–Trinajstić information content (AvgIpc) is 3.13. The van der Waals surface area contributed by atoms with Crippen molar-refractivity contribution in [3.63, 3.8) is 0 Å². The normalized spacial score (nSPS) is 20.2. The molecule has 0 radical (unpaired) electrons. The highest BCUT2D eigenvalue weighted by atomic mass is 15.3. The second kappa shape index (κ2) is 6.67. The third-order valence-electron chi connectivity index (χ3n) is 5.67. The third-order valence-corrected chi connectivity index (χ3v) is 5.67. The van der Waals surface area contributed by atoms with Crippen molar-refractivity contribution in [3.05, 3.63) is 60.9 Å². The largest absolute Gasteiger partial charge is 0.361 e. The van der Waals surface area contributed by atoms with Crippen molar-refractivity contribution >= 4 is 22.2 Å². The first-order chi connectivity index (χ1) is 13.3. The molecule has 0 bridgehead atoms. The minimum absolute atomic E-state index is 0.403. The van der Waals surface area contributed by atoms with Crippen LogP contribution in [0.2, 0.25) is 0 Å². The fourth-order valence-electron chi connectivity index (χ4n) is 4.10. The number of fused-ring (bicyclic) bond motifs is 2. The molecular formula is C22H24N5+. The molecular weight excluding hydrogens is 334 g/mol. The Morgan fingerprint density at radius 3 is 2.74 bits per heavy atom. The Morgan fingerprint density at radius 2 is 1.85 bits per heavy atom. The van der Waals surface area contributed by atoms with Gasteiger partial charge >= 0.3 is 0 Å². The van der Waals surface area contributed by atoms with Gasteiger partial charge in [-0.3, -0.25) is 0 Å². The summed E-state index contributed by atoms with van der Waals surface area (Å²) in [5.74, 6) is 0.908. The highest BCUT2D eigenvalue weighted by Gasteiger charge is 2.25. The van der Waals surface area contributed by atoms with Crippen molar-refractivity contribution in [1.82, 2.24) is 14.6 Å². The van der Waals surface area contributed by atoms with Crippen LogP contribution in [0.25, 0.3) is 27.5 Å². The summed E-state index contributed by atoms with van der Waals surface area (Å²) in [6.45, 7) is 0. The van der Waals surface area contributed by atoms with E-state index in [4.69, 9.17) is 4.98 Å². The fraction of sp³-hybridized carbons (Fsp3) is 0.273. The predicted octanol–water partition coefficient (Wildman–Crippen LogP) is 3.51. The minimum Gasteiger partial charge on any atom is -0.361 e. The maximum absolute atomic E-state index is 4.88. The summed E-state index contributed by atoms with van der Waals surface area (Å²) in [6, 6.07) is 17.8. The van der Waals surface area contributed by atoms with Crippen LogP contribution in [-0.2, 0) is 0 Å². The topological polar surface area (TPSA) is 69.9 Å². The first-order valence-corrected chi connectivity index (χ1v) is 9.71. The van der Waals surface area contributed by atoms with Crippen molar-refractivity contribution in [2.75, 3.05) is 5.32 Å². The van der Waals surface area contributed by atoms with Crippen LogP contribution in [-0.4, -0.2) is 26.7 Å². The third kappa shape index (κ3) is 3.04. The second-order valence-electron chi connectivity index (χ2n) is 7.50. The SMILES string of the molecule is [NH3+][C@@H]1CCCC[C@H]1Nc1ccn2ncc(-c3ccc4ccccc4c3)c2n1. The molecule has 2 heterocycles. The van der Waals surface area contributed by atoms with Crippen LogP contribution >= 0.6 is 0 Å². The van der Waals surface area contributed by atoms with Crippen molar-refractivity contribution < 1.29 is 5.73 Å². The molecule has 1 fully saturated rings. The molecule has 0 saturated heterocycles. The number of hydrogen-bond donors (Lipinski definition) is 2. The monoisotopic (exact) mass is 358 g/mol. The van der Waals surface area contributed by atoms with E-state index in [9.17, 15) is 0 Å². The van der Waals surface area contributed by atoms with Gasteiger partial charge in [0.05, 0.1) is 12.2 Å². The molecule has 2 aromatic carbocycles. The molecule has 5 heteroatoms. The lowest BCUT2D eigenvalue weighted by molar-refractivity contribution is -0.427. The molecule has 0 amide bonds. The first-order valence-electron chi connectivity index (χ1n) is 9.71. The van der Waals surface area contributed by atoms with E-state index in [-0.39, 0.29) is 0 Å². The molecule has 5 rings (SSSR count). The van der Waals surface area contributed by atoms with Crippen molar-refractivity contribution in [2.24, 2.45) is 0 Å². The molecule has 4 aromatic rings. The molecule has 0 aliphatic heterocycles. The van der Waals surface area contributed by atoms with Crippen molar-refractivity contribution in [3.8, 4) is 11.1 Å². The van der Waals surface area contributed by atoms with E-state index in [0.717, 1.165) is 29.0 Å². The Labute approximate surface area is 158 Å². The highest BCUT2D eigenvalue weighted by molar-refractivity contribution is 5.89. The Bertz CT molecular complexity index is 1100. The quantitative estimate of drug-likeness (QED) is 0.589. The molecule has 0 unspecified atom stereocenters. The van der Waals surface area contributed by atoms with Gasteiger partial charge in [0.2, 0.25) is 0 Å². The van der Waals surface area contributed by atoms with E-state index in [0.29, 0.717) is 12.1 Å². The predicted molar refractivity (Wildman–Crippen MR) is 108 cm³/mol. The standard InChI is InChI=1S/C22H23N5/c23-19-7-3-4-8-20(19)25-21-11-12-27-22(26-21)18(14-24-27)17-10-9-15-5-1-2-6-16(15)13-17/h1-2,5-6,9-14,19-20H,3-4,7-8,23H2,(H,25,26)/p+1/t19-,20-/m1/s1. The highest BCUT2D eigenvalue weighted by Crippen LogP contribution is 2.28. The first kappa shape index (κ1) is 16.3. The van der Waals surface area contributed by atoms with E-state index in [1.165, 1.54) is 30.0 Å². The van der Waals surface area contributed by atoms with Crippen LogP contribution in [0, 0.1) is 0 Å². The fourth-order valence-corrected chi connectivity index (χ4v) is 4.10.